The van der Waals surface area contributed by atoms with Crippen LogP contribution in [0.15, 0.2) is 48.5 Å². The molecule has 2 aromatic carbocycles. The van der Waals surface area contributed by atoms with Crippen molar-refractivity contribution in [1.82, 2.24) is 0 Å². The molecule has 2 N–H and O–H groups in total. The molecule has 0 aromatic heterocycles. The molecule has 0 bridgehead atoms. The normalized spacial score (nSPS) is 9.50. The summed E-state index contributed by atoms with van der Waals surface area (Å²) in [6.07, 6.45) is 0. The predicted molar refractivity (Wildman–Crippen MR) is 79.8 cm³/mol. The number of carbonyl (C=O) groups excluding carboxylic acids is 1. The van der Waals surface area contributed by atoms with Crippen LogP contribution in [0.4, 0.5) is 5.69 Å². The molecular formula is C16H12ClNO2. The van der Waals surface area contributed by atoms with Crippen LogP contribution >= 0.6 is 11.6 Å². The summed E-state index contributed by atoms with van der Waals surface area (Å²) in [6.45, 7) is -0.246. The summed E-state index contributed by atoms with van der Waals surface area (Å²) >= 11 is 5.87. The number of anilines is 1. The van der Waals surface area contributed by atoms with Gasteiger partial charge in [0.1, 0.15) is 6.61 Å². The Morgan fingerprint density at radius 1 is 1.20 bits per heavy atom. The Balaban J connectivity index is 2.25. The third-order valence-corrected chi connectivity index (χ3v) is 2.79. The molecule has 3 nitrogen and oxygen atoms in total. The molecule has 0 heterocycles. The van der Waals surface area contributed by atoms with E-state index in [4.69, 9.17) is 16.7 Å². The zero-order chi connectivity index (χ0) is 14.4. The first-order chi connectivity index (χ1) is 9.70. The van der Waals surface area contributed by atoms with Crippen LogP contribution in [0, 0.1) is 11.8 Å². The lowest BCUT2D eigenvalue weighted by Gasteiger charge is -2.07. The number of aliphatic hydroxyl groups excluding tert-OH is 1. The van der Waals surface area contributed by atoms with E-state index in [0.717, 1.165) is 0 Å². The second-order valence-electron chi connectivity index (χ2n) is 3.97. The van der Waals surface area contributed by atoms with Crippen molar-refractivity contribution in [3.63, 3.8) is 0 Å². The highest BCUT2D eigenvalue weighted by Gasteiger charge is 2.09. The van der Waals surface area contributed by atoms with E-state index < -0.39 is 0 Å². The fraction of sp³-hybridized carbons (Fsp3) is 0.0625. The van der Waals surface area contributed by atoms with Gasteiger partial charge in [0.25, 0.3) is 5.91 Å². The largest absolute Gasteiger partial charge is 0.384 e. The molecule has 0 saturated carbocycles. The third-order valence-electron chi connectivity index (χ3n) is 2.56. The summed E-state index contributed by atoms with van der Waals surface area (Å²) < 4.78 is 0. The maximum atomic E-state index is 12.2. The molecule has 0 aliphatic carbocycles. The van der Waals surface area contributed by atoms with Crippen molar-refractivity contribution in [3.8, 4) is 11.8 Å². The van der Waals surface area contributed by atoms with E-state index in [-0.39, 0.29) is 12.5 Å². The van der Waals surface area contributed by atoms with Crippen molar-refractivity contribution in [3.05, 3.63) is 64.7 Å². The topological polar surface area (TPSA) is 49.3 Å². The molecule has 2 rings (SSSR count). The van der Waals surface area contributed by atoms with Crippen LogP contribution in [0.3, 0.4) is 0 Å². The quantitative estimate of drug-likeness (QED) is 0.834. The van der Waals surface area contributed by atoms with Gasteiger partial charge in [-0.1, -0.05) is 41.6 Å². The third kappa shape index (κ3) is 3.61. The molecule has 0 saturated heterocycles. The second-order valence-corrected chi connectivity index (χ2v) is 4.41. The zero-order valence-corrected chi connectivity index (χ0v) is 11.3. The van der Waals surface area contributed by atoms with Gasteiger partial charge in [0.15, 0.2) is 0 Å². The zero-order valence-electron chi connectivity index (χ0n) is 10.6. The number of aliphatic hydroxyl groups is 1. The Labute approximate surface area is 122 Å². The van der Waals surface area contributed by atoms with Crippen molar-refractivity contribution in [2.24, 2.45) is 0 Å². The molecule has 0 spiro atoms. The lowest BCUT2D eigenvalue weighted by Crippen LogP contribution is -2.13. The minimum atomic E-state index is -0.268. The fourth-order valence-corrected chi connectivity index (χ4v) is 1.88. The van der Waals surface area contributed by atoms with Crippen molar-refractivity contribution in [2.75, 3.05) is 11.9 Å². The van der Waals surface area contributed by atoms with Gasteiger partial charge in [-0.15, -0.1) is 0 Å². The van der Waals surface area contributed by atoms with Gasteiger partial charge in [-0.3, -0.25) is 4.79 Å². The smallest absolute Gasteiger partial charge is 0.256 e. The SMILES string of the molecule is O=C(Nc1cccc(Cl)c1)c1ccccc1C#CCO. The summed E-state index contributed by atoms with van der Waals surface area (Å²) in [5, 5.41) is 12.0. The Bertz CT molecular complexity index is 686. The summed E-state index contributed by atoms with van der Waals surface area (Å²) in [5.41, 5.74) is 1.64. The average Bonchev–Trinajstić information content (AvgIpc) is 2.45. The number of halogens is 1. The van der Waals surface area contributed by atoms with E-state index >= 15 is 0 Å². The van der Waals surface area contributed by atoms with Gasteiger partial charge in [0.05, 0.1) is 5.56 Å². The molecule has 20 heavy (non-hydrogen) atoms. The lowest BCUT2D eigenvalue weighted by atomic mass is 10.1. The number of benzene rings is 2. The predicted octanol–water partition coefficient (Wildman–Crippen LogP) is 2.94. The van der Waals surface area contributed by atoms with Crippen molar-refractivity contribution in [2.45, 2.75) is 0 Å². The van der Waals surface area contributed by atoms with Crippen LogP contribution in [-0.4, -0.2) is 17.6 Å². The van der Waals surface area contributed by atoms with E-state index in [1.54, 1.807) is 48.5 Å². The molecule has 0 unspecified atom stereocenters. The number of amides is 1. The van der Waals surface area contributed by atoms with Crippen molar-refractivity contribution < 1.29 is 9.90 Å². The molecule has 1 amide bonds. The average molecular weight is 286 g/mol. The molecule has 0 radical (unpaired) electrons. The van der Waals surface area contributed by atoms with Crippen molar-refractivity contribution in [1.29, 1.82) is 0 Å². The van der Waals surface area contributed by atoms with E-state index in [9.17, 15) is 4.79 Å². The minimum absolute atomic E-state index is 0.246. The standard InChI is InChI=1S/C16H12ClNO2/c17-13-7-3-8-14(11-13)18-16(20)15-9-2-1-5-12(15)6-4-10-19/h1-3,5,7-9,11,19H,10H2,(H,18,20). The Hall–Kier alpha value is -2.28. The fourth-order valence-electron chi connectivity index (χ4n) is 1.69. The molecule has 0 atom stereocenters. The molecule has 4 heteroatoms. The minimum Gasteiger partial charge on any atom is -0.384 e. The number of nitrogens with one attached hydrogen (secondary N) is 1. The van der Waals surface area contributed by atoms with Crippen molar-refractivity contribution >= 4 is 23.2 Å². The van der Waals surface area contributed by atoms with Gasteiger partial charge < -0.3 is 10.4 Å². The highest BCUT2D eigenvalue weighted by molar-refractivity contribution is 6.31. The molecular weight excluding hydrogens is 274 g/mol. The molecule has 0 aliphatic heterocycles. The summed E-state index contributed by atoms with van der Waals surface area (Å²) in [6, 6.07) is 13.9. The summed E-state index contributed by atoms with van der Waals surface area (Å²) in [4.78, 5) is 12.2. The van der Waals surface area contributed by atoms with Gasteiger partial charge in [-0.2, -0.15) is 0 Å². The highest BCUT2D eigenvalue weighted by Crippen LogP contribution is 2.16. The van der Waals surface area contributed by atoms with E-state index in [1.807, 2.05) is 0 Å². The first-order valence-electron chi connectivity index (χ1n) is 5.96. The van der Waals surface area contributed by atoms with Crippen LogP contribution in [0.5, 0.6) is 0 Å². The molecule has 0 aliphatic rings. The first-order valence-corrected chi connectivity index (χ1v) is 6.34. The van der Waals surface area contributed by atoms with Gasteiger partial charge >= 0.3 is 0 Å². The van der Waals surface area contributed by atoms with Gasteiger partial charge in [-0.25, -0.2) is 0 Å². The maximum Gasteiger partial charge on any atom is 0.256 e. The highest BCUT2D eigenvalue weighted by atomic mass is 35.5. The number of rotatable bonds is 2. The lowest BCUT2D eigenvalue weighted by molar-refractivity contribution is 0.102. The Kier molecular flexibility index (Phi) is 4.78. The van der Waals surface area contributed by atoms with Crippen LogP contribution in [0.1, 0.15) is 15.9 Å². The van der Waals surface area contributed by atoms with E-state index in [2.05, 4.69) is 17.2 Å². The van der Waals surface area contributed by atoms with E-state index in [0.29, 0.717) is 21.8 Å². The Morgan fingerprint density at radius 2 is 2.00 bits per heavy atom. The molecule has 100 valence electrons. The summed E-state index contributed by atoms with van der Waals surface area (Å²) in [7, 11) is 0. The van der Waals surface area contributed by atoms with E-state index in [1.165, 1.54) is 0 Å². The van der Waals surface area contributed by atoms with Gasteiger partial charge in [0.2, 0.25) is 0 Å². The number of hydrogen-bond acceptors (Lipinski definition) is 2. The molecule has 0 fully saturated rings. The summed E-state index contributed by atoms with van der Waals surface area (Å²) in [5.74, 6) is 5.02. The van der Waals surface area contributed by atoms with Crippen LogP contribution < -0.4 is 5.32 Å². The number of carbonyl (C=O) groups is 1. The molecule has 2 aromatic rings. The number of hydrogen-bond donors (Lipinski definition) is 2. The van der Waals surface area contributed by atoms with Gasteiger partial charge in [-0.05, 0) is 30.3 Å². The van der Waals surface area contributed by atoms with Crippen LogP contribution in [0.2, 0.25) is 5.02 Å². The van der Waals surface area contributed by atoms with Gasteiger partial charge in [0, 0.05) is 16.3 Å². The van der Waals surface area contributed by atoms with Crippen LogP contribution in [-0.2, 0) is 0 Å². The van der Waals surface area contributed by atoms with Crippen LogP contribution in [0.25, 0.3) is 0 Å². The second kappa shape index (κ2) is 6.76. The monoisotopic (exact) mass is 285 g/mol. The first kappa shape index (κ1) is 14.1. The Morgan fingerprint density at radius 3 is 2.75 bits per heavy atom. The maximum absolute atomic E-state index is 12.2.